The molecule has 2 aromatic heterocycles. The lowest BCUT2D eigenvalue weighted by Crippen LogP contribution is -2.16. The fourth-order valence-corrected chi connectivity index (χ4v) is 4.23. The van der Waals surface area contributed by atoms with Crippen molar-refractivity contribution in [1.29, 1.82) is 0 Å². The first-order valence-corrected chi connectivity index (χ1v) is 10.9. The van der Waals surface area contributed by atoms with Gasteiger partial charge in [-0.3, -0.25) is 0 Å². The van der Waals surface area contributed by atoms with Crippen LogP contribution in [0.5, 0.6) is 5.75 Å². The van der Waals surface area contributed by atoms with Gasteiger partial charge in [0.25, 0.3) is 0 Å². The third kappa shape index (κ3) is 4.42. The first kappa shape index (κ1) is 19.8. The number of aromatic nitrogens is 4. The molecule has 1 aliphatic rings. The van der Waals surface area contributed by atoms with Crippen LogP contribution in [0, 0.1) is 0 Å². The minimum Gasteiger partial charge on any atom is -0.486 e. The molecule has 1 aliphatic carbocycles. The summed E-state index contributed by atoms with van der Waals surface area (Å²) in [6, 6.07) is 8.12. The second-order valence-electron chi connectivity index (χ2n) is 8.36. The van der Waals surface area contributed by atoms with Gasteiger partial charge in [-0.25, -0.2) is 4.68 Å². The van der Waals surface area contributed by atoms with Crippen molar-refractivity contribution in [3.63, 3.8) is 0 Å². The van der Waals surface area contributed by atoms with Crippen LogP contribution in [0.15, 0.2) is 33.9 Å². The smallest absolute Gasteiger partial charge is 0.210 e. The van der Waals surface area contributed by atoms with Gasteiger partial charge in [0, 0.05) is 17.7 Å². The van der Waals surface area contributed by atoms with Gasteiger partial charge in [0.05, 0.1) is 5.69 Å². The van der Waals surface area contributed by atoms with Crippen molar-refractivity contribution in [3.05, 3.63) is 52.7 Å². The Morgan fingerprint density at radius 1 is 1.14 bits per heavy atom. The van der Waals surface area contributed by atoms with Crippen molar-refractivity contribution in [1.82, 2.24) is 20.0 Å². The van der Waals surface area contributed by atoms with Gasteiger partial charge in [0.15, 0.2) is 5.82 Å². The highest BCUT2D eigenvalue weighted by atomic mass is 32.2. The van der Waals surface area contributed by atoms with Gasteiger partial charge >= 0.3 is 0 Å². The summed E-state index contributed by atoms with van der Waals surface area (Å²) in [4.78, 5) is 0. The standard InChI is InChI=1S/C21H27N5O2S/c1-21(2,3)14-8-10-15(11-9-14)27-12-19-23-24-20(26(19)22)29-13-17-16-6-4-5-7-18(16)28-25-17/h8-11H,4-7,12-13,22H2,1-3H3. The molecule has 7 nitrogen and oxygen atoms in total. The van der Waals surface area contributed by atoms with Crippen LogP contribution < -0.4 is 10.6 Å². The molecule has 0 amide bonds. The summed E-state index contributed by atoms with van der Waals surface area (Å²) in [5.41, 5.74) is 3.63. The molecule has 0 spiro atoms. The molecule has 0 aliphatic heterocycles. The van der Waals surface area contributed by atoms with E-state index >= 15 is 0 Å². The van der Waals surface area contributed by atoms with E-state index < -0.39 is 0 Å². The Morgan fingerprint density at radius 3 is 2.66 bits per heavy atom. The van der Waals surface area contributed by atoms with Crippen molar-refractivity contribution in [2.45, 2.75) is 69.4 Å². The lowest BCUT2D eigenvalue weighted by molar-refractivity contribution is 0.291. The summed E-state index contributed by atoms with van der Waals surface area (Å²) in [6.45, 7) is 6.83. The summed E-state index contributed by atoms with van der Waals surface area (Å²) in [7, 11) is 0. The Morgan fingerprint density at radius 2 is 1.90 bits per heavy atom. The van der Waals surface area contributed by atoms with Gasteiger partial charge in [0.2, 0.25) is 5.16 Å². The number of nitrogen functional groups attached to an aromatic ring is 1. The predicted octanol–water partition coefficient (Wildman–Crippen LogP) is 4.03. The molecule has 0 atom stereocenters. The summed E-state index contributed by atoms with van der Waals surface area (Å²) >= 11 is 1.51. The molecule has 0 saturated carbocycles. The zero-order valence-corrected chi connectivity index (χ0v) is 18.0. The Balaban J connectivity index is 1.35. The zero-order chi connectivity index (χ0) is 20.4. The highest BCUT2D eigenvalue weighted by Gasteiger charge is 2.20. The number of rotatable bonds is 6. The van der Waals surface area contributed by atoms with Crippen molar-refractivity contribution in [2.24, 2.45) is 0 Å². The lowest BCUT2D eigenvalue weighted by atomic mass is 9.87. The average molecular weight is 414 g/mol. The second-order valence-corrected chi connectivity index (χ2v) is 9.30. The maximum absolute atomic E-state index is 6.17. The fourth-order valence-electron chi connectivity index (χ4n) is 3.40. The van der Waals surface area contributed by atoms with E-state index in [0.717, 1.165) is 30.0 Å². The molecule has 0 radical (unpaired) electrons. The highest BCUT2D eigenvalue weighted by molar-refractivity contribution is 7.98. The van der Waals surface area contributed by atoms with Crippen LogP contribution in [-0.2, 0) is 30.6 Å². The molecular formula is C21H27N5O2S. The first-order chi connectivity index (χ1) is 13.9. The SMILES string of the molecule is CC(C)(C)c1ccc(OCc2nnc(SCc3noc4c3CCCC4)n2N)cc1. The maximum atomic E-state index is 6.17. The summed E-state index contributed by atoms with van der Waals surface area (Å²) in [5, 5.41) is 13.2. The Bertz CT molecular complexity index is 972. The van der Waals surface area contributed by atoms with Crippen LogP contribution in [0.1, 0.15) is 62.0 Å². The van der Waals surface area contributed by atoms with Crippen molar-refractivity contribution < 1.29 is 9.26 Å². The number of nitrogens with zero attached hydrogens (tertiary/aromatic N) is 4. The Kier molecular flexibility index (Phi) is 5.54. The second kappa shape index (κ2) is 8.10. The lowest BCUT2D eigenvalue weighted by Gasteiger charge is -2.19. The molecule has 1 aromatic carbocycles. The number of benzene rings is 1. The third-order valence-corrected chi connectivity index (χ3v) is 6.15. The average Bonchev–Trinajstić information content (AvgIpc) is 3.28. The van der Waals surface area contributed by atoms with Crippen LogP contribution >= 0.6 is 11.8 Å². The fraction of sp³-hybridized carbons (Fsp3) is 0.476. The Hall–Kier alpha value is -2.48. The molecule has 0 unspecified atom stereocenters. The largest absolute Gasteiger partial charge is 0.486 e. The number of nitrogens with two attached hydrogens (primary N) is 1. The predicted molar refractivity (Wildman–Crippen MR) is 112 cm³/mol. The van der Waals surface area contributed by atoms with Gasteiger partial charge in [-0.05, 0) is 42.4 Å². The molecule has 0 bridgehead atoms. The number of fused-ring (bicyclic) bond motifs is 1. The van der Waals surface area contributed by atoms with E-state index in [2.05, 4.69) is 48.3 Å². The summed E-state index contributed by atoms with van der Waals surface area (Å²) < 4.78 is 12.8. The number of aryl methyl sites for hydroxylation is 1. The van der Waals surface area contributed by atoms with Gasteiger partial charge in [-0.15, -0.1) is 10.2 Å². The van der Waals surface area contributed by atoms with E-state index in [1.165, 1.54) is 40.4 Å². The minimum absolute atomic E-state index is 0.116. The molecule has 0 fully saturated rings. The monoisotopic (exact) mass is 413 g/mol. The van der Waals surface area contributed by atoms with Crippen LogP contribution in [0.4, 0.5) is 0 Å². The van der Waals surface area contributed by atoms with Gasteiger partial charge in [-0.2, -0.15) is 0 Å². The maximum Gasteiger partial charge on any atom is 0.210 e. The molecule has 154 valence electrons. The molecule has 4 rings (SSSR count). The van der Waals surface area contributed by atoms with Gasteiger partial charge in [-0.1, -0.05) is 49.8 Å². The normalized spacial score (nSPS) is 14.0. The van der Waals surface area contributed by atoms with Crippen LogP contribution in [0.25, 0.3) is 0 Å². The van der Waals surface area contributed by atoms with Gasteiger partial charge in [0.1, 0.15) is 18.1 Å². The molecular weight excluding hydrogens is 386 g/mol. The van der Waals surface area contributed by atoms with E-state index in [1.54, 1.807) is 0 Å². The van der Waals surface area contributed by atoms with E-state index in [-0.39, 0.29) is 12.0 Å². The topological polar surface area (TPSA) is 92.0 Å². The van der Waals surface area contributed by atoms with E-state index in [4.69, 9.17) is 15.1 Å². The van der Waals surface area contributed by atoms with E-state index in [9.17, 15) is 0 Å². The summed E-state index contributed by atoms with van der Waals surface area (Å²) in [6.07, 6.45) is 4.39. The van der Waals surface area contributed by atoms with Crippen LogP contribution in [0.2, 0.25) is 0 Å². The number of hydrogen-bond donors (Lipinski definition) is 1. The molecule has 8 heteroatoms. The molecule has 0 saturated heterocycles. The zero-order valence-electron chi connectivity index (χ0n) is 17.1. The summed E-state index contributed by atoms with van der Waals surface area (Å²) in [5.74, 6) is 9.24. The highest BCUT2D eigenvalue weighted by Crippen LogP contribution is 2.29. The molecule has 3 aromatic rings. The quantitative estimate of drug-likeness (QED) is 0.482. The van der Waals surface area contributed by atoms with Crippen molar-refractivity contribution in [3.8, 4) is 5.75 Å². The Labute approximate surface area is 175 Å². The van der Waals surface area contributed by atoms with Crippen LogP contribution in [-0.4, -0.2) is 20.0 Å². The third-order valence-electron chi connectivity index (χ3n) is 5.19. The first-order valence-electron chi connectivity index (χ1n) is 9.93. The molecule has 2 heterocycles. The number of ether oxygens (including phenoxy) is 1. The molecule has 2 N–H and O–H groups in total. The van der Waals surface area contributed by atoms with Gasteiger partial charge < -0.3 is 15.1 Å². The minimum atomic E-state index is 0.116. The van der Waals surface area contributed by atoms with E-state index in [0.29, 0.717) is 16.7 Å². The van der Waals surface area contributed by atoms with Crippen molar-refractivity contribution >= 4 is 11.8 Å². The number of thioether (sulfide) groups is 1. The van der Waals surface area contributed by atoms with E-state index in [1.807, 2.05) is 12.1 Å². The van der Waals surface area contributed by atoms with Crippen LogP contribution in [0.3, 0.4) is 0 Å². The van der Waals surface area contributed by atoms with Crippen molar-refractivity contribution in [2.75, 3.05) is 5.84 Å². The molecule has 29 heavy (non-hydrogen) atoms. The number of hydrogen-bond acceptors (Lipinski definition) is 7.